The van der Waals surface area contributed by atoms with Crippen molar-refractivity contribution < 1.29 is 9.53 Å². The molecule has 0 radical (unpaired) electrons. The molecular weight excluding hydrogens is 152 g/mol. The lowest BCUT2D eigenvalue weighted by Crippen LogP contribution is -2.25. The van der Waals surface area contributed by atoms with Crippen molar-refractivity contribution in [2.45, 2.75) is 50.7 Å². The quantitative estimate of drug-likeness (QED) is 0.559. The number of aldehydes is 1. The Bertz CT molecular complexity index is 190. The van der Waals surface area contributed by atoms with Crippen LogP contribution in [-0.4, -0.2) is 18.0 Å². The number of ether oxygens (including phenoxy) is 1. The van der Waals surface area contributed by atoms with E-state index in [0.717, 1.165) is 31.5 Å². The first-order chi connectivity index (χ1) is 5.74. The number of carbonyl (C=O) groups excluding carboxylic acids is 1. The number of carbonyl (C=O) groups is 1. The summed E-state index contributed by atoms with van der Waals surface area (Å²) in [6.07, 6.45) is 6.49. The Labute approximate surface area is 73.3 Å². The van der Waals surface area contributed by atoms with Crippen molar-refractivity contribution >= 4 is 6.29 Å². The predicted octanol–water partition coefficient (Wildman–Crippen LogP) is 1.92. The lowest BCUT2D eigenvalue weighted by atomic mass is 9.97. The summed E-state index contributed by atoms with van der Waals surface area (Å²) in [4.78, 5) is 10.5. The topological polar surface area (TPSA) is 26.3 Å². The van der Waals surface area contributed by atoms with Crippen LogP contribution >= 0.6 is 0 Å². The van der Waals surface area contributed by atoms with E-state index in [1.807, 2.05) is 0 Å². The van der Waals surface area contributed by atoms with E-state index < -0.39 is 0 Å². The van der Waals surface area contributed by atoms with Crippen LogP contribution in [0.5, 0.6) is 0 Å². The van der Waals surface area contributed by atoms with Crippen LogP contribution in [-0.2, 0) is 9.53 Å². The van der Waals surface area contributed by atoms with E-state index in [9.17, 15) is 4.79 Å². The summed E-state index contributed by atoms with van der Waals surface area (Å²) < 4.78 is 5.76. The van der Waals surface area contributed by atoms with Crippen LogP contribution in [0.25, 0.3) is 0 Å². The first-order valence-corrected chi connectivity index (χ1v) is 4.87. The van der Waals surface area contributed by atoms with Crippen molar-refractivity contribution in [2.24, 2.45) is 5.92 Å². The first kappa shape index (κ1) is 8.24. The van der Waals surface area contributed by atoms with E-state index in [2.05, 4.69) is 6.92 Å². The normalized spacial score (nSPS) is 47.1. The Morgan fingerprint density at radius 3 is 2.67 bits per heavy atom. The van der Waals surface area contributed by atoms with E-state index in [1.54, 1.807) is 0 Å². The minimum atomic E-state index is -0.102. The lowest BCUT2D eigenvalue weighted by Gasteiger charge is -2.22. The van der Waals surface area contributed by atoms with Crippen molar-refractivity contribution in [1.82, 2.24) is 0 Å². The molecule has 68 valence electrons. The van der Waals surface area contributed by atoms with Gasteiger partial charge in [0.05, 0.1) is 5.60 Å². The Morgan fingerprint density at radius 1 is 1.42 bits per heavy atom. The van der Waals surface area contributed by atoms with E-state index in [0.29, 0.717) is 0 Å². The van der Waals surface area contributed by atoms with Crippen molar-refractivity contribution in [3.8, 4) is 0 Å². The standard InChI is InChI=1S/C10H16O2/c1-8-2-4-10(6-8)5-3-9(7-11)12-10/h7-9H,2-6H2,1H3. The Balaban J connectivity index is 2.01. The molecule has 2 heteroatoms. The monoisotopic (exact) mass is 168 g/mol. The molecule has 0 N–H and O–H groups in total. The number of hydrogen-bond acceptors (Lipinski definition) is 2. The minimum absolute atomic E-state index is 0.102. The summed E-state index contributed by atoms with van der Waals surface area (Å²) in [6, 6.07) is 0. The fourth-order valence-electron chi connectivity index (χ4n) is 2.62. The van der Waals surface area contributed by atoms with Gasteiger partial charge in [-0.3, -0.25) is 0 Å². The van der Waals surface area contributed by atoms with Gasteiger partial charge in [0.1, 0.15) is 12.4 Å². The maximum Gasteiger partial charge on any atom is 0.148 e. The van der Waals surface area contributed by atoms with Gasteiger partial charge in [-0.15, -0.1) is 0 Å². The molecule has 0 aromatic heterocycles. The third kappa shape index (κ3) is 1.28. The molecule has 3 unspecified atom stereocenters. The minimum Gasteiger partial charge on any atom is -0.364 e. The van der Waals surface area contributed by atoms with Crippen LogP contribution < -0.4 is 0 Å². The SMILES string of the molecule is CC1CCC2(CCC(C=O)O2)C1. The van der Waals surface area contributed by atoms with E-state index in [1.165, 1.54) is 12.8 Å². The second-order valence-electron chi connectivity index (χ2n) is 4.36. The van der Waals surface area contributed by atoms with Gasteiger partial charge in [-0.1, -0.05) is 6.92 Å². The molecule has 2 nitrogen and oxygen atoms in total. The lowest BCUT2D eigenvalue weighted by molar-refractivity contribution is -0.122. The van der Waals surface area contributed by atoms with Gasteiger partial charge in [0.25, 0.3) is 0 Å². The zero-order chi connectivity index (χ0) is 8.60. The van der Waals surface area contributed by atoms with E-state index >= 15 is 0 Å². The summed E-state index contributed by atoms with van der Waals surface area (Å²) in [5.74, 6) is 0.787. The van der Waals surface area contributed by atoms with Gasteiger partial charge in [0.2, 0.25) is 0 Å². The zero-order valence-electron chi connectivity index (χ0n) is 7.58. The number of hydrogen-bond donors (Lipinski definition) is 0. The molecule has 3 atom stereocenters. The molecule has 1 heterocycles. The molecule has 2 rings (SSSR count). The van der Waals surface area contributed by atoms with E-state index in [-0.39, 0.29) is 11.7 Å². The van der Waals surface area contributed by atoms with Gasteiger partial charge in [-0.25, -0.2) is 0 Å². The molecule has 2 fully saturated rings. The zero-order valence-corrected chi connectivity index (χ0v) is 7.58. The summed E-state index contributed by atoms with van der Waals surface area (Å²) in [5.41, 5.74) is 0.102. The molecule has 12 heavy (non-hydrogen) atoms. The molecular formula is C10H16O2. The van der Waals surface area contributed by atoms with Gasteiger partial charge in [0, 0.05) is 0 Å². The van der Waals surface area contributed by atoms with Crippen molar-refractivity contribution in [1.29, 1.82) is 0 Å². The van der Waals surface area contributed by atoms with Gasteiger partial charge < -0.3 is 9.53 Å². The summed E-state index contributed by atoms with van der Waals surface area (Å²) in [7, 11) is 0. The fourth-order valence-corrected chi connectivity index (χ4v) is 2.62. The summed E-state index contributed by atoms with van der Waals surface area (Å²) in [6.45, 7) is 2.27. The van der Waals surface area contributed by atoms with Crippen molar-refractivity contribution in [3.63, 3.8) is 0 Å². The molecule has 1 saturated heterocycles. The van der Waals surface area contributed by atoms with Crippen LogP contribution in [0.4, 0.5) is 0 Å². The number of rotatable bonds is 1. The third-order valence-corrected chi connectivity index (χ3v) is 3.25. The highest BCUT2D eigenvalue weighted by Gasteiger charge is 2.44. The highest BCUT2D eigenvalue weighted by molar-refractivity contribution is 5.56. The van der Waals surface area contributed by atoms with Crippen LogP contribution in [0.1, 0.15) is 39.0 Å². The van der Waals surface area contributed by atoms with Gasteiger partial charge >= 0.3 is 0 Å². The molecule has 0 aromatic carbocycles. The molecule has 0 bridgehead atoms. The highest BCUT2D eigenvalue weighted by atomic mass is 16.5. The van der Waals surface area contributed by atoms with Gasteiger partial charge in [-0.2, -0.15) is 0 Å². The van der Waals surface area contributed by atoms with Crippen molar-refractivity contribution in [2.75, 3.05) is 0 Å². The Kier molecular flexibility index (Phi) is 1.95. The molecule has 0 aromatic rings. The van der Waals surface area contributed by atoms with Crippen LogP contribution in [0.2, 0.25) is 0 Å². The third-order valence-electron chi connectivity index (χ3n) is 3.25. The van der Waals surface area contributed by atoms with Crippen LogP contribution in [0.3, 0.4) is 0 Å². The first-order valence-electron chi connectivity index (χ1n) is 4.87. The predicted molar refractivity (Wildman–Crippen MR) is 45.9 cm³/mol. The molecule has 0 amide bonds. The average molecular weight is 168 g/mol. The maximum absolute atomic E-state index is 10.5. The van der Waals surface area contributed by atoms with E-state index in [4.69, 9.17) is 4.74 Å². The Morgan fingerprint density at radius 2 is 2.17 bits per heavy atom. The molecule has 1 aliphatic heterocycles. The summed E-state index contributed by atoms with van der Waals surface area (Å²) >= 11 is 0. The average Bonchev–Trinajstić information content (AvgIpc) is 2.61. The molecule has 1 saturated carbocycles. The van der Waals surface area contributed by atoms with Gasteiger partial charge in [0.15, 0.2) is 0 Å². The molecule has 2 aliphatic rings. The van der Waals surface area contributed by atoms with Crippen LogP contribution in [0, 0.1) is 5.92 Å². The summed E-state index contributed by atoms with van der Waals surface area (Å²) in [5, 5.41) is 0. The smallest absolute Gasteiger partial charge is 0.148 e. The Hall–Kier alpha value is -0.370. The molecule has 1 spiro atoms. The van der Waals surface area contributed by atoms with Crippen molar-refractivity contribution in [3.05, 3.63) is 0 Å². The fraction of sp³-hybridized carbons (Fsp3) is 0.900. The highest BCUT2D eigenvalue weighted by Crippen LogP contribution is 2.45. The molecule has 1 aliphatic carbocycles. The van der Waals surface area contributed by atoms with Crippen LogP contribution in [0.15, 0.2) is 0 Å². The second-order valence-corrected chi connectivity index (χ2v) is 4.36. The largest absolute Gasteiger partial charge is 0.364 e. The second kappa shape index (κ2) is 2.84. The maximum atomic E-state index is 10.5. The van der Waals surface area contributed by atoms with Gasteiger partial charge in [-0.05, 0) is 38.0 Å².